The van der Waals surface area contributed by atoms with Gasteiger partial charge in [-0.05, 0) is 30.9 Å². The summed E-state index contributed by atoms with van der Waals surface area (Å²) >= 11 is 0. The standard InChI is InChI=1S/C13H21N3O/c1-9(2)11-3-4-12(13(17)15-11)16-7-5-10(14)6-8-16/h3-4,9-10H,5-8,14H2,1-2H3,(H,15,17). The van der Waals surface area contributed by atoms with E-state index in [1.54, 1.807) is 0 Å². The van der Waals surface area contributed by atoms with Crippen LogP contribution in [0.4, 0.5) is 5.69 Å². The Morgan fingerprint density at radius 3 is 2.53 bits per heavy atom. The van der Waals surface area contributed by atoms with Crippen LogP contribution in [0.1, 0.15) is 38.3 Å². The highest BCUT2D eigenvalue weighted by atomic mass is 16.1. The van der Waals surface area contributed by atoms with Gasteiger partial charge < -0.3 is 15.6 Å². The van der Waals surface area contributed by atoms with E-state index in [0.29, 0.717) is 12.0 Å². The van der Waals surface area contributed by atoms with Crippen LogP contribution in [0.15, 0.2) is 16.9 Å². The first-order chi connectivity index (χ1) is 8.08. The molecule has 4 nitrogen and oxygen atoms in total. The lowest BCUT2D eigenvalue weighted by Gasteiger charge is -2.31. The van der Waals surface area contributed by atoms with Crippen molar-refractivity contribution in [2.45, 2.75) is 38.6 Å². The molecule has 1 aliphatic heterocycles. The number of nitrogens with zero attached hydrogens (tertiary/aromatic N) is 1. The summed E-state index contributed by atoms with van der Waals surface area (Å²) in [5, 5.41) is 0. The van der Waals surface area contributed by atoms with Crippen LogP contribution in [-0.2, 0) is 0 Å². The van der Waals surface area contributed by atoms with Crippen LogP contribution < -0.4 is 16.2 Å². The number of anilines is 1. The summed E-state index contributed by atoms with van der Waals surface area (Å²) in [5.41, 5.74) is 7.66. The minimum atomic E-state index is 0.0201. The first-order valence-corrected chi connectivity index (χ1v) is 6.31. The topological polar surface area (TPSA) is 62.1 Å². The maximum atomic E-state index is 12.0. The molecule has 94 valence electrons. The third kappa shape index (κ3) is 2.69. The van der Waals surface area contributed by atoms with E-state index in [1.165, 1.54) is 0 Å². The Kier molecular flexibility index (Phi) is 3.52. The van der Waals surface area contributed by atoms with Crippen molar-refractivity contribution in [1.82, 2.24) is 4.98 Å². The number of aromatic amines is 1. The predicted octanol–water partition coefficient (Wildman–Crippen LogP) is 1.43. The second-order valence-corrected chi connectivity index (χ2v) is 5.11. The van der Waals surface area contributed by atoms with E-state index in [2.05, 4.69) is 23.7 Å². The van der Waals surface area contributed by atoms with E-state index in [1.807, 2.05) is 12.1 Å². The number of rotatable bonds is 2. The molecule has 1 fully saturated rings. The van der Waals surface area contributed by atoms with Gasteiger partial charge >= 0.3 is 0 Å². The predicted molar refractivity (Wildman–Crippen MR) is 70.6 cm³/mol. The minimum absolute atomic E-state index is 0.0201. The zero-order valence-electron chi connectivity index (χ0n) is 10.6. The van der Waals surface area contributed by atoms with Gasteiger partial charge in [0.2, 0.25) is 0 Å². The lowest BCUT2D eigenvalue weighted by molar-refractivity contribution is 0.500. The van der Waals surface area contributed by atoms with Crippen LogP contribution >= 0.6 is 0 Å². The zero-order valence-corrected chi connectivity index (χ0v) is 10.6. The fourth-order valence-corrected chi connectivity index (χ4v) is 2.21. The van der Waals surface area contributed by atoms with Gasteiger partial charge in [-0.1, -0.05) is 13.8 Å². The fourth-order valence-electron chi connectivity index (χ4n) is 2.21. The molecule has 3 N–H and O–H groups in total. The van der Waals surface area contributed by atoms with Crippen molar-refractivity contribution in [1.29, 1.82) is 0 Å². The smallest absolute Gasteiger partial charge is 0.271 e. The quantitative estimate of drug-likeness (QED) is 0.815. The molecule has 0 amide bonds. The molecule has 0 unspecified atom stereocenters. The average molecular weight is 235 g/mol. The first kappa shape index (κ1) is 12.2. The minimum Gasteiger partial charge on any atom is -0.367 e. The van der Waals surface area contributed by atoms with Crippen molar-refractivity contribution in [2.75, 3.05) is 18.0 Å². The van der Waals surface area contributed by atoms with Crippen LogP contribution in [-0.4, -0.2) is 24.1 Å². The van der Waals surface area contributed by atoms with Gasteiger partial charge in [0.1, 0.15) is 5.69 Å². The van der Waals surface area contributed by atoms with Gasteiger partial charge in [-0.3, -0.25) is 4.79 Å². The first-order valence-electron chi connectivity index (χ1n) is 6.31. The summed E-state index contributed by atoms with van der Waals surface area (Å²) in [7, 11) is 0. The summed E-state index contributed by atoms with van der Waals surface area (Å²) in [4.78, 5) is 17.1. The van der Waals surface area contributed by atoms with Crippen LogP contribution in [0.2, 0.25) is 0 Å². The second kappa shape index (κ2) is 4.92. The van der Waals surface area contributed by atoms with Crippen LogP contribution in [0, 0.1) is 0 Å². The maximum Gasteiger partial charge on any atom is 0.271 e. The molecule has 0 saturated carbocycles. The van der Waals surface area contributed by atoms with Crippen molar-refractivity contribution in [2.24, 2.45) is 5.73 Å². The van der Waals surface area contributed by atoms with Gasteiger partial charge in [-0.15, -0.1) is 0 Å². The molecule has 1 saturated heterocycles. The number of piperidine rings is 1. The Bertz CT molecular complexity index is 431. The Hall–Kier alpha value is -1.29. The Morgan fingerprint density at radius 2 is 2.00 bits per heavy atom. The van der Waals surface area contributed by atoms with Crippen molar-refractivity contribution in [3.8, 4) is 0 Å². The monoisotopic (exact) mass is 235 g/mol. The molecule has 0 atom stereocenters. The second-order valence-electron chi connectivity index (χ2n) is 5.11. The van der Waals surface area contributed by atoms with E-state index in [4.69, 9.17) is 5.73 Å². The lowest BCUT2D eigenvalue weighted by atomic mass is 10.1. The van der Waals surface area contributed by atoms with Crippen LogP contribution in [0.3, 0.4) is 0 Å². The van der Waals surface area contributed by atoms with Crippen LogP contribution in [0.5, 0.6) is 0 Å². The SMILES string of the molecule is CC(C)c1ccc(N2CCC(N)CC2)c(=O)[nH]1. The number of pyridine rings is 1. The van der Waals surface area contributed by atoms with Crippen molar-refractivity contribution >= 4 is 5.69 Å². The molecular formula is C13H21N3O. The third-order valence-corrected chi connectivity index (χ3v) is 3.41. The average Bonchev–Trinajstić information content (AvgIpc) is 2.30. The summed E-state index contributed by atoms with van der Waals surface area (Å²) in [6.45, 7) is 5.91. The van der Waals surface area contributed by atoms with Crippen molar-refractivity contribution < 1.29 is 0 Å². The molecule has 2 rings (SSSR count). The van der Waals surface area contributed by atoms with Gasteiger partial charge in [0.05, 0.1) is 0 Å². The number of aromatic nitrogens is 1. The van der Waals surface area contributed by atoms with E-state index in [9.17, 15) is 4.79 Å². The van der Waals surface area contributed by atoms with Crippen molar-refractivity contribution in [3.05, 3.63) is 28.2 Å². The highest BCUT2D eigenvalue weighted by molar-refractivity contribution is 5.45. The normalized spacial score (nSPS) is 17.8. The Labute approximate surface area is 102 Å². The number of nitrogens with one attached hydrogen (secondary N) is 1. The maximum absolute atomic E-state index is 12.0. The van der Waals surface area contributed by atoms with Gasteiger partial charge in [-0.2, -0.15) is 0 Å². The largest absolute Gasteiger partial charge is 0.367 e. The Morgan fingerprint density at radius 1 is 1.35 bits per heavy atom. The van der Waals surface area contributed by atoms with E-state index < -0.39 is 0 Å². The number of hydrogen-bond donors (Lipinski definition) is 2. The third-order valence-electron chi connectivity index (χ3n) is 3.41. The highest BCUT2D eigenvalue weighted by Crippen LogP contribution is 2.17. The van der Waals surface area contributed by atoms with Crippen molar-refractivity contribution in [3.63, 3.8) is 0 Å². The number of nitrogens with two attached hydrogens (primary N) is 1. The molecule has 1 aromatic heterocycles. The van der Waals surface area contributed by atoms with Gasteiger partial charge in [0.25, 0.3) is 5.56 Å². The fraction of sp³-hybridized carbons (Fsp3) is 0.615. The van der Waals surface area contributed by atoms with Gasteiger partial charge in [0, 0.05) is 24.8 Å². The molecule has 0 spiro atoms. The zero-order chi connectivity index (χ0) is 12.4. The summed E-state index contributed by atoms with van der Waals surface area (Å²) in [6.07, 6.45) is 1.93. The van der Waals surface area contributed by atoms with E-state index in [0.717, 1.165) is 37.3 Å². The molecule has 1 aliphatic rings. The summed E-state index contributed by atoms with van der Waals surface area (Å²) in [6, 6.07) is 4.24. The summed E-state index contributed by atoms with van der Waals surface area (Å²) < 4.78 is 0. The van der Waals surface area contributed by atoms with E-state index >= 15 is 0 Å². The molecule has 1 aromatic rings. The molecule has 4 heteroatoms. The Balaban J connectivity index is 2.19. The van der Waals surface area contributed by atoms with Gasteiger partial charge in [0.15, 0.2) is 0 Å². The molecular weight excluding hydrogens is 214 g/mol. The molecule has 17 heavy (non-hydrogen) atoms. The summed E-state index contributed by atoms with van der Waals surface area (Å²) in [5.74, 6) is 0.353. The molecule has 0 aliphatic carbocycles. The molecule has 2 heterocycles. The lowest BCUT2D eigenvalue weighted by Crippen LogP contribution is -2.41. The molecule has 0 aromatic carbocycles. The van der Waals surface area contributed by atoms with Crippen LogP contribution in [0.25, 0.3) is 0 Å². The van der Waals surface area contributed by atoms with Gasteiger partial charge in [-0.25, -0.2) is 0 Å². The number of H-pyrrole nitrogens is 1. The number of hydrogen-bond acceptors (Lipinski definition) is 3. The molecule has 0 radical (unpaired) electrons. The van der Waals surface area contributed by atoms with E-state index in [-0.39, 0.29) is 5.56 Å². The highest BCUT2D eigenvalue weighted by Gasteiger charge is 2.18. The molecule has 0 bridgehead atoms.